The van der Waals surface area contributed by atoms with Gasteiger partial charge < -0.3 is 13.9 Å². The molecule has 7 nitrogen and oxygen atoms in total. The summed E-state index contributed by atoms with van der Waals surface area (Å²) in [4.78, 5) is 32.0. The highest BCUT2D eigenvalue weighted by atomic mass is 32.1. The molecule has 0 spiro atoms. The first kappa shape index (κ1) is 19.6. The quantitative estimate of drug-likeness (QED) is 0.442. The molecule has 0 saturated carbocycles. The Hall–Kier alpha value is -2.75. The molecule has 0 aromatic carbocycles. The molecule has 0 bridgehead atoms. The van der Waals surface area contributed by atoms with Crippen LogP contribution in [-0.2, 0) is 14.3 Å². The van der Waals surface area contributed by atoms with Gasteiger partial charge in [-0.1, -0.05) is 17.4 Å². The van der Waals surface area contributed by atoms with Crippen molar-refractivity contribution in [3.05, 3.63) is 77.5 Å². The molecule has 1 unspecified atom stereocenters. The number of esters is 1. The molecule has 0 radical (unpaired) electrons. The van der Waals surface area contributed by atoms with Crippen molar-refractivity contribution < 1.29 is 18.7 Å². The van der Waals surface area contributed by atoms with Gasteiger partial charge in [0.1, 0.15) is 18.4 Å². The van der Waals surface area contributed by atoms with Crippen LogP contribution in [0.3, 0.4) is 0 Å². The van der Waals surface area contributed by atoms with E-state index in [9.17, 15) is 9.59 Å². The smallest absolute Gasteiger partial charge is 0.338 e. The third kappa shape index (κ3) is 3.76. The van der Waals surface area contributed by atoms with Crippen LogP contribution in [-0.4, -0.2) is 30.9 Å². The maximum atomic E-state index is 13.2. The Balaban J connectivity index is 1.86. The number of thiophene rings is 1. The molecule has 0 fully saturated rings. The zero-order valence-electron chi connectivity index (χ0n) is 15.8. The lowest BCUT2D eigenvalue weighted by Crippen LogP contribution is -2.39. The molecule has 4 rings (SSSR count). The average molecular weight is 431 g/mol. The van der Waals surface area contributed by atoms with E-state index in [0.29, 0.717) is 33.0 Å². The van der Waals surface area contributed by atoms with Crippen molar-refractivity contribution in [3.63, 3.8) is 0 Å². The molecule has 4 heterocycles. The van der Waals surface area contributed by atoms with Crippen LogP contribution in [0.25, 0.3) is 6.08 Å². The summed E-state index contributed by atoms with van der Waals surface area (Å²) in [5.74, 6) is 0.0832. The molecule has 1 aliphatic heterocycles. The minimum Gasteiger partial charge on any atom is -0.465 e. The first-order chi connectivity index (χ1) is 14.1. The molecular weight excluding hydrogens is 412 g/mol. The SMILES string of the molecule is COCCOC(=O)C1=C(C)N=c2sc(=Cc3ccco3)c(=O)n2C1c1cccs1. The summed E-state index contributed by atoms with van der Waals surface area (Å²) in [5, 5.41) is 1.91. The molecule has 3 aromatic rings. The van der Waals surface area contributed by atoms with E-state index in [2.05, 4.69) is 4.99 Å². The van der Waals surface area contributed by atoms with Crippen molar-refractivity contribution in [2.24, 2.45) is 4.99 Å². The van der Waals surface area contributed by atoms with Crippen molar-refractivity contribution in [3.8, 4) is 0 Å². The number of allylic oxidation sites excluding steroid dienone is 1. The molecule has 1 atom stereocenters. The third-order valence-corrected chi connectivity index (χ3v) is 6.30. The molecule has 0 amide bonds. The van der Waals surface area contributed by atoms with Gasteiger partial charge in [0, 0.05) is 18.1 Å². The summed E-state index contributed by atoms with van der Waals surface area (Å²) >= 11 is 2.74. The van der Waals surface area contributed by atoms with Crippen molar-refractivity contribution in [1.82, 2.24) is 4.57 Å². The van der Waals surface area contributed by atoms with E-state index in [-0.39, 0.29) is 12.2 Å². The molecular formula is C20H18N2O5S2. The van der Waals surface area contributed by atoms with Gasteiger partial charge in [0.05, 0.1) is 28.7 Å². The van der Waals surface area contributed by atoms with Gasteiger partial charge in [-0.2, -0.15) is 0 Å². The summed E-state index contributed by atoms with van der Waals surface area (Å²) in [6.07, 6.45) is 3.24. The first-order valence-corrected chi connectivity index (χ1v) is 10.6. The highest BCUT2D eigenvalue weighted by Crippen LogP contribution is 2.33. The first-order valence-electron chi connectivity index (χ1n) is 8.85. The number of aromatic nitrogens is 1. The van der Waals surface area contributed by atoms with Gasteiger partial charge in [-0.15, -0.1) is 11.3 Å². The Bertz CT molecular complexity index is 1220. The van der Waals surface area contributed by atoms with Gasteiger partial charge >= 0.3 is 5.97 Å². The number of carbonyl (C=O) groups is 1. The van der Waals surface area contributed by atoms with Crippen LogP contribution >= 0.6 is 22.7 Å². The molecule has 29 heavy (non-hydrogen) atoms. The molecule has 0 N–H and O–H groups in total. The molecule has 9 heteroatoms. The number of hydrogen-bond donors (Lipinski definition) is 0. The summed E-state index contributed by atoms with van der Waals surface area (Å²) in [7, 11) is 1.54. The van der Waals surface area contributed by atoms with Gasteiger partial charge in [0.15, 0.2) is 4.80 Å². The normalized spacial score (nSPS) is 16.6. The van der Waals surface area contributed by atoms with E-state index in [1.54, 1.807) is 36.0 Å². The van der Waals surface area contributed by atoms with Crippen LogP contribution in [0.15, 0.2) is 61.4 Å². The molecule has 0 saturated heterocycles. The third-order valence-electron chi connectivity index (χ3n) is 4.39. The van der Waals surface area contributed by atoms with Crippen molar-refractivity contribution in [1.29, 1.82) is 0 Å². The number of fused-ring (bicyclic) bond motifs is 1. The lowest BCUT2D eigenvalue weighted by Gasteiger charge is -2.23. The number of thiazole rings is 1. The monoisotopic (exact) mass is 430 g/mol. The number of hydrogen-bond acceptors (Lipinski definition) is 8. The van der Waals surface area contributed by atoms with Crippen molar-refractivity contribution in [2.45, 2.75) is 13.0 Å². The maximum Gasteiger partial charge on any atom is 0.338 e. The summed E-state index contributed by atoms with van der Waals surface area (Å²) in [6.45, 7) is 2.19. The number of carbonyl (C=O) groups excluding carboxylic acids is 1. The fourth-order valence-electron chi connectivity index (χ4n) is 3.10. The molecule has 150 valence electrons. The van der Waals surface area contributed by atoms with Crippen LogP contribution in [0.5, 0.6) is 0 Å². The van der Waals surface area contributed by atoms with Gasteiger partial charge in [-0.3, -0.25) is 9.36 Å². The number of nitrogens with zero attached hydrogens (tertiary/aromatic N) is 2. The Kier molecular flexibility index (Phi) is 5.61. The fraction of sp³-hybridized carbons (Fsp3) is 0.250. The van der Waals surface area contributed by atoms with E-state index in [4.69, 9.17) is 13.9 Å². The molecule has 0 aliphatic carbocycles. The Morgan fingerprint density at radius 3 is 2.90 bits per heavy atom. The predicted octanol–water partition coefficient (Wildman–Crippen LogP) is 2.08. The van der Waals surface area contributed by atoms with E-state index < -0.39 is 12.0 Å². The molecule has 1 aliphatic rings. The minimum absolute atomic E-state index is 0.131. The lowest BCUT2D eigenvalue weighted by atomic mass is 10.0. The van der Waals surface area contributed by atoms with Crippen LogP contribution < -0.4 is 14.9 Å². The minimum atomic E-state index is -0.583. The summed E-state index contributed by atoms with van der Waals surface area (Å²) < 4.78 is 17.7. The van der Waals surface area contributed by atoms with E-state index in [0.717, 1.165) is 4.88 Å². The predicted molar refractivity (Wildman–Crippen MR) is 110 cm³/mol. The molecule has 3 aromatic heterocycles. The van der Waals surface area contributed by atoms with Crippen molar-refractivity contribution >= 4 is 34.7 Å². The average Bonchev–Trinajstić information content (AvgIpc) is 3.44. The number of ether oxygens (including phenoxy) is 2. The standard InChI is InChI=1S/C20H18N2O5S2/c1-12-16(19(24)27-9-8-25-2)17(14-6-4-10-28-14)22-18(23)15(29-20(22)21-12)11-13-5-3-7-26-13/h3-7,10-11,17H,8-9H2,1-2H3. The summed E-state index contributed by atoms with van der Waals surface area (Å²) in [5.41, 5.74) is 0.676. The van der Waals surface area contributed by atoms with Gasteiger partial charge in [-0.25, -0.2) is 9.79 Å². The number of methoxy groups -OCH3 is 1. The highest BCUT2D eigenvalue weighted by Gasteiger charge is 2.34. The van der Waals surface area contributed by atoms with E-state index in [1.165, 1.54) is 29.8 Å². The van der Waals surface area contributed by atoms with Gasteiger partial charge in [0.2, 0.25) is 0 Å². The maximum absolute atomic E-state index is 13.2. The van der Waals surface area contributed by atoms with Gasteiger partial charge in [0.25, 0.3) is 5.56 Å². The lowest BCUT2D eigenvalue weighted by molar-refractivity contribution is -0.140. The Labute approximate surface area is 173 Å². The second kappa shape index (κ2) is 8.32. The number of rotatable bonds is 6. The van der Waals surface area contributed by atoms with E-state index in [1.807, 2.05) is 17.5 Å². The zero-order chi connectivity index (χ0) is 20.4. The Morgan fingerprint density at radius 1 is 1.34 bits per heavy atom. The zero-order valence-corrected chi connectivity index (χ0v) is 17.4. The topological polar surface area (TPSA) is 83.0 Å². The van der Waals surface area contributed by atoms with Crippen LogP contribution in [0.2, 0.25) is 0 Å². The van der Waals surface area contributed by atoms with Gasteiger partial charge in [-0.05, 0) is 30.5 Å². The second-order valence-corrected chi connectivity index (χ2v) is 8.23. The largest absolute Gasteiger partial charge is 0.465 e. The van der Waals surface area contributed by atoms with Crippen LogP contribution in [0.1, 0.15) is 23.6 Å². The van der Waals surface area contributed by atoms with E-state index >= 15 is 0 Å². The van der Waals surface area contributed by atoms with Crippen LogP contribution in [0, 0.1) is 0 Å². The van der Waals surface area contributed by atoms with Crippen LogP contribution in [0.4, 0.5) is 0 Å². The number of furan rings is 1. The van der Waals surface area contributed by atoms with Crippen molar-refractivity contribution in [2.75, 3.05) is 20.3 Å². The summed E-state index contributed by atoms with van der Waals surface area (Å²) in [6, 6.07) is 6.75. The second-order valence-electron chi connectivity index (χ2n) is 6.24. The highest BCUT2D eigenvalue weighted by molar-refractivity contribution is 7.10. The Morgan fingerprint density at radius 2 is 2.21 bits per heavy atom. The fourth-order valence-corrected chi connectivity index (χ4v) is 4.95.